The summed E-state index contributed by atoms with van der Waals surface area (Å²) in [6.07, 6.45) is 1.37. The van der Waals surface area contributed by atoms with Gasteiger partial charge in [-0.3, -0.25) is 4.31 Å². The molecule has 0 saturated heterocycles. The molecule has 7 nitrogen and oxygen atoms in total. The molecule has 2 aromatic rings. The zero-order valence-electron chi connectivity index (χ0n) is 11.6. The number of sulfonamides is 1. The number of methoxy groups -OCH3 is 1. The van der Waals surface area contributed by atoms with E-state index in [1.54, 1.807) is 24.3 Å². The largest absolute Gasteiger partial charge is 0.495 e. The van der Waals surface area contributed by atoms with Crippen molar-refractivity contribution >= 4 is 21.5 Å². The lowest BCUT2D eigenvalue weighted by molar-refractivity contribution is 0.416. The molecule has 1 aromatic heterocycles. The fraction of sp³-hybridized carbons (Fsp3) is 0.154. The highest BCUT2D eigenvalue weighted by Gasteiger charge is 2.24. The average Bonchev–Trinajstić information content (AvgIpc) is 2.54. The Labute approximate surface area is 123 Å². The monoisotopic (exact) mass is 308 g/mol. The van der Waals surface area contributed by atoms with Gasteiger partial charge in [-0.1, -0.05) is 12.1 Å². The molecular weight excluding hydrogens is 292 g/mol. The summed E-state index contributed by atoms with van der Waals surface area (Å²) in [5.41, 5.74) is 2.77. The van der Waals surface area contributed by atoms with Crippen LogP contribution in [-0.4, -0.2) is 27.6 Å². The quantitative estimate of drug-likeness (QED) is 0.636. The number of nitrogens with one attached hydrogen (secondary N) is 1. The summed E-state index contributed by atoms with van der Waals surface area (Å²) in [4.78, 5) is 3.98. The van der Waals surface area contributed by atoms with Gasteiger partial charge in [0, 0.05) is 19.3 Å². The van der Waals surface area contributed by atoms with Crippen LogP contribution in [0.5, 0.6) is 5.75 Å². The first-order valence-corrected chi connectivity index (χ1v) is 7.49. The SMILES string of the molecule is COc1ccccc1N(C)S(=O)(=O)c1ccnc(NN)c1. The summed E-state index contributed by atoms with van der Waals surface area (Å²) < 4.78 is 31.6. The molecule has 1 heterocycles. The zero-order valence-corrected chi connectivity index (χ0v) is 12.5. The minimum absolute atomic E-state index is 0.0823. The molecule has 112 valence electrons. The van der Waals surface area contributed by atoms with Gasteiger partial charge in [0.15, 0.2) is 0 Å². The van der Waals surface area contributed by atoms with Gasteiger partial charge < -0.3 is 10.2 Å². The predicted molar refractivity (Wildman–Crippen MR) is 80.6 cm³/mol. The molecule has 0 bridgehead atoms. The summed E-state index contributed by atoms with van der Waals surface area (Å²) in [6, 6.07) is 9.64. The molecule has 0 atom stereocenters. The highest BCUT2D eigenvalue weighted by Crippen LogP contribution is 2.30. The molecule has 0 radical (unpaired) electrons. The third-order valence-corrected chi connectivity index (χ3v) is 4.73. The van der Waals surface area contributed by atoms with E-state index in [1.165, 1.54) is 32.5 Å². The number of hydrogen-bond acceptors (Lipinski definition) is 6. The van der Waals surface area contributed by atoms with Crippen LogP contribution >= 0.6 is 0 Å². The topological polar surface area (TPSA) is 97.5 Å². The van der Waals surface area contributed by atoms with E-state index in [9.17, 15) is 8.42 Å². The Bertz CT molecular complexity index is 734. The Kier molecular flexibility index (Phi) is 4.29. The molecule has 1 aromatic carbocycles. The number of hydrogen-bond donors (Lipinski definition) is 2. The third-order valence-electron chi connectivity index (χ3n) is 2.96. The van der Waals surface area contributed by atoms with E-state index in [1.807, 2.05) is 0 Å². The van der Waals surface area contributed by atoms with Gasteiger partial charge in [0.25, 0.3) is 10.0 Å². The van der Waals surface area contributed by atoms with Crippen molar-refractivity contribution in [3.63, 3.8) is 0 Å². The van der Waals surface area contributed by atoms with Crippen LogP contribution in [0.4, 0.5) is 11.5 Å². The van der Waals surface area contributed by atoms with Crippen LogP contribution in [0.25, 0.3) is 0 Å². The van der Waals surface area contributed by atoms with Crippen molar-refractivity contribution in [3.8, 4) is 5.75 Å². The summed E-state index contributed by atoms with van der Waals surface area (Å²) >= 11 is 0. The van der Waals surface area contributed by atoms with Gasteiger partial charge in [0.1, 0.15) is 11.6 Å². The van der Waals surface area contributed by atoms with Gasteiger partial charge in [0.2, 0.25) is 0 Å². The lowest BCUT2D eigenvalue weighted by Crippen LogP contribution is -2.27. The zero-order chi connectivity index (χ0) is 15.5. The molecule has 0 unspecified atom stereocenters. The molecule has 3 N–H and O–H groups in total. The van der Waals surface area contributed by atoms with Crippen LogP contribution in [0, 0.1) is 0 Å². The Morgan fingerprint density at radius 2 is 2.00 bits per heavy atom. The van der Waals surface area contributed by atoms with Gasteiger partial charge >= 0.3 is 0 Å². The number of nitrogens with two attached hydrogens (primary N) is 1. The molecule has 0 aliphatic carbocycles. The number of pyridine rings is 1. The van der Waals surface area contributed by atoms with Crippen molar-refractivity contribution in [1.29, 1.82) is 0 Å². The number of rotatable bonds is 5. The molecule has 0 fully saturated rings. The number of nitrogen functional groups attached to an aromatic ring is 1. The first-order valence-electron chi connectivity index (χ1n) is 6.05. The maximum absolute atomic E-state index is 12.6. The van der Waals surface area contributed by atoms with Gasteiger partial charge in [-0.15, -0.1) is 0 Å². The van der Waals surface area contributed by atoms with E-state index in [0.717, 1.165) is 4.31 Å². The standard InChI is InChI=1S/C13H16N4O3S/c1-17(11-5-3-4-6-12(11)20-2)21(18,19)10-7-8-15-13(9-10)16-14/h3-9H,14H2,1-2H3,(H,15,16). The molecule has 0 aliphatic rings. The molecule has 0 spiro atoms. The van der Waals surface area contributed by atoms with E-state index in [4.69, 9.17) is 10.6 Å². The number of ether oxygens (including phenoxy) is 1. The van der Waals surface area contributed by atoms with Gasteiger partial charge in [-0.05, 0) is 18.2 Å². The highest BCUT2D eigenvalue weighted by atomic mass is 32.2. The fourth-order valence-electron chi connectivity index (χ4n) is 1.83. The van der Waals surface area contributed by atoms with Crippen LogP contribution in [0.2, 0.25) is 0 Å². The maximum atomic E-state index is 12.6. The molecule has 8 heteroatoms. The van der Waals surface area contributed by atoms with E-state index in [0.29, 0.717) is 11.4 Å². The second-order valence-corrected chi connectivity index (χ2v) is 6.13. The van der Waals surface area contributed by atoms with Gasteiger partial charge in [0.05, 0.1) is 17.7 Å². The number of para-hydroxylation sites is 2. The molecule has 2 rings (SSSR count). The second kappa shape index (κ2) is 5.98. The molecule has 21 heavy (non-hydrogen) atoms. The third kappa shape index (κ3) is 2.91. The number of anilines is 2. The second-order valence-electron chi connectivity index (χ2n) is 4.17. The van der Waals surface area contributed by atoms with Crippen molar-refractivity contribution in [2.24, 2.45) is 5.84 Å². The van der Waals surface area contributed by atoms with Crippen molar-refractivity contribution in [3.05, 3.63) is 42.6 Å². The van der Waals surface area contributed by atoms with Crippen LogP contribution in [0.1, 0.15) is 0 Å². The van der Waals surface area contributed by atoms with Crippen LogP contribution in [-0.2, 0) is 10.0 Å². The Hall–Kier alpha value is -2.32. The van der Waals surface area contributed by atoms with E-state index in [-0.39, 0.29) is 10.7 Å². The van der Waals surface area contributed by atoms with Crippen molar-refractivity contribution in [2.75, 3.05) is 23.9 Å². The maximum Gasteiger partial charge on any atom is 0.264 e. The smallest absolute Gasteiger partial charge is 0.264 e. The van der Waals surface area contributed by atoms with E-state index >= 15 is 0 Å². The summed E-state index contributed by atoms with van der Waals surface area (Å²) in [5.74, 6) is 5.99. The van der Waals surface area contributed by atoms with E-state index < -0.39 is 10.0 Å². The Balaban J connectivity index is 2.47. The number of aromatic nitrogens is 1. The normalized spacial score (nSPS) is 11.0. The van der Waals surface area contributed by atoms with Gasteiger partial charge in [-0.25, -0.2) is 19.2 Å². The molecule has 0 saturated carbocycles. The predicted octanol–water partition coefficient (Wildman–Crippen LogP) is 1.20. The van der Waals surface area contributed by atoms with Crippen molar-refractivity contribution in [2.45, 2.75) is 4.90 Å². The Morgan fingerprint density at radius 1 is 1.29 bits per heavy atom. The van der Waals surface area contributed by atoms with Crippen LogP contribution in [0.15, 0.2) is 47.5 Å². The summed E-state index contributed by atoms with van der Waals surface area (Å²) in [7, 11) is -0.790. The van der Waals surface area contributed by atoms with Crippen LogP contribution < -0.4 is 20.3 Å². The van der Waals surface area contributed by atoms with E-state index in [2.05, 4.69) is 10.4 Å². The first kappa shape index (κ1) is 15.1. The van der Waals surface area contributed by atoms with Crippen molar-refractivity contribution < 1.29 is 13.2 Å². The van der Waals surface area contributed by atoms with Gasteiger partial charge in [-0.2, -0.15) is 0 Å². The minimum Gasteiger partial charge on any atom is -0.495 e. The highest BCUT2D eigenvalue weighted by molar-refractivity contribution is 7.92. The lowest BCUT2D eigenvalue weighted by atomic mass is 10.3. The van der Waals surface area contributed by atoms with Crippen molar-refractivity contribution in [1.82, 2.24) is 4.98 Å². The Morgan fingerprint density at radius 3 is 2.67 bits per heavy atom. The molecule has 0 aliphatic heterocycles. The number of benzene rings is 1. The first-order chi connectivity index (χ1) is 10.0. The summed E-state index contributed by atoms with van der Waals surface area (Å²) in [5, 5.41) is 0. The number of nitrogens with zero attached hydrogens (tertiary/aromatic N) is 2. The fourth-order valence-corrected chi connectivity index (χ4v) is 3.05. The summed E-state index contributed by atoms with van der Waals surface area (Å²) in [6.45, 7) is 0. The average molecular weight is 308 g/mol. The minimum atomic E-state index is -3.74. The lowest BCUT2D eigenvalue weighted by Gasteiger charge is -2.21. The molecule has 0 amide bonds. The van der Waals surface area contributed by atoms with Crippen LogP contribution in [0.3, 0.4) is 0 Å². The molecular formula is C13H16N4O3S. The number of hydrazine groups is 1.